The van der Waals surface area contributed by atoms with Crippen LogP contribution in [-0.4, -0.2) is 34.7 Å². The molecule has 0 spiro atoms. The zero-order valence-corrected chi connectivity index (χ0v) is 19.6. The van der Waals surface area contributed by atoms with E-state index in [1.807, 2.05) is 49.4 Å². The number of unbranched alkanes of at least 4 members (excludes halogenated alkanes) is 3. The van der Waals surface area contributed by atoms with Crippen LogP contribution in [-0.2, 0) is 22.7 Å². The Hall–Kier alpha value is -2.56. The summed E-state index contributed by atoms with van der Waals surface area (Å²) in [5.74, 6) is 1.91. The minimum Gasteiger partial charge on any atom is -0.464 e. The summed E-state index contributed by atoms with van der Waals surface area (Å²) >= 11 is 0. The van der Waals surface area contributed by atoms with Gasteiger partial charge in [-0.1, -0.05) is 70.4 Å². The van der Waals surface area contributed by atoms with Crippen molar-refractivity contribution < 1.29 is 14.0 Å². The Morgan fingerprint density at radius 2 is 1.65 bits per heavy atom. The van der Waals surface area contributed by atoms with E-state index in [1.54, 1.807) is 9.80 Å². The van der Waals surface area contributed by atoms with Gasteiger partial charge < -0.3 is 14.2 Å². The first kappa shape index (κ1) is 24.7. The van der Waals surface area contributed by atoms with Crippen LogP contribution < -0.4 is 0 Å². The van der Waals surface area contributed by atoms with Gasteiger partial charge in [0.25, 0.3) is 0 Å². The second-order valence-corrected chi connectivity index (χ2v) is 8.73. The Morgan fingerprint density at radius 3 is 2.26 bits per heavy atom. The molecule has 1 aromatic carbocycles. The number of amides is 2. The molecule has 0 fully saturated rings. The highest BCUT2D eigenvalue weighted by atomic mass is 16.3. The van der Waals surface area contributed by atoms with Crippen molar-refractivity contribution in [3.8, 4) is 0 Å². The van der Waals surface area contributed by atoms with Crippen molar-refractivity contribution in [2.24, 2.45) is 5.92 Å². The lowest BCUT2D eigenvalue weighted by Gasteiger charge is -2.28. The lowest BCUT2D eigenvalue weighted by Crippen LogP contribution is -2.43. The molecule has 1 aromatic heterocycles. The molecule has 0 radical (unpaired) electrons. The molecule has 0 unspecified atom stereocenters. The van der Waals surface area contributed by atoms with Crippen LogP contribution in [0.2, 0.25) is 0 Å². The minimum absolute atomic E-state index is 0.0551. The smallest absolute Gasteiger partial charge is 0.242 e. The van der Waals surface area contributed by atoms with Crippen LogP contribution in [0.25, 0.3) is 0 Å². The van der Waals surface area contributed by atoms with Gasteiger partial charge in [-0.2, -0.15) is 0 Å². The summed E-state index contributed by atoms with van der Waals surface area (Å²) in [5, 5.41) is 0. The average molecular weight is 427 g/mol. The van der Waals surface area contributed by atoms with Gasteiger partial charge in [-0.25, -0.2) is 0 Å². The van der Waals surface area contributed by atoms with Crippen LogP contribution in [0.15, 0.2) is 46.9 Å². The zero-order chi connectivity index (χ0) is 22.6. The lowest BCUT2D eigenvalue weighted by atomic mass is 10.1. The Bertz CT molecular complexity index is 798. The topological polar surface area (TPSA) is 53.8 Å². The SMILES string of the molecule is CCCCCCC(=O)N(CC(=O)N(Cc1ccccc1)Cc1ccc(C)o1)CC(C)C. The highest BCUT2D eigenvalue weighted by Gasteiger charge is 2.23. The second kappa shape index (κ2) is 13.0. The van der Waals surface area contributed by atoms with Crippen LogP contribution >= 0.6 is 0 Å². The van der Waals surface area contributed by atoms with Crippen molar-refractivity contribution in [3.05, 3.63) is 59.5 Å². The fraction of sp³-hybridized carbons (Fsp3) is 0.538. The van der Waals surface area contributed by atoms with Gasteiger partial charge in [0, 0.05) is 19.5 Å². The van der Waals surface area contributed by atoms with E-state index >= 15 is 0 Å². The van der Waals surface area contributed by atoms with Gasteiger partial charge in [-0.3, -0.25) is 9.59 Å². The molecule has 2 rings (SSSR count). The molecule has 0 aliphatic rings. The fourth-order valence-electron chi connectivity index (χ4n) is 3.61. The number of carbonyl (C=O) groups excluding carboxylic acids is 2. The number of furan rings is 1. The molecule has 0 aliphatic carbocycles. The van der Waals surface area contributed by atoms with Crippen molar-refractivity contribution in [2.45, 2.75) is 72.9 Å². The van der Waals surface area contributed by atoms with Gasteiger partial charge in [0.1, 0.15) is 11.5 Å². The van der Waals surface area contributed by atoms with Crippen LogP contribution in [0.4, 0.5) is 0 Å². The molecule has 170 valence electrons. The summed E-state index contributed by atoms with van der Waals surface area (Å²) in [5.41, 5.74) is 1.06. The van der Waals surface area contributed by atoms with Crippen LogP contribution in [0.3, 0.4) is 0 Å². The molecule has 0 aliphatic heterocycles. The summed E-state index contributed by atoms with van der Waals surface area (Å²) in [4.78, 5) is 29.7. The summed E-state index contributed by atoms with van der Waals surface area (Å²) in [7, 11) is 0. The van der Waals surface area contributed by atoms with Crippen molar-refractivity contribution in [2.75, 3.05) is 13.1 Å². The quantitative estimate of drug-likeness (QED) is 0.393. The van der Waals surface area contributed by atoms with Crippen molar-refractivity contribution >= 4 is 11.8 Å². The van der Waals surface area contributed by atoms with E-state index in [1.165, 1.54) is 0 Å². The average Bonchev–Trinajstić information content (AvgIpc) is 3.15. The summed E-state index contributed by atoms with van der Waals surface area (Å²) in [6.45, 7) is 9.79. The summed E-state index contributed by atoms with van der Waals surface area (Å²) < 4.78 is 5.72. The molecule has 5 heteroatoms. The van der Waals surface area contributed by atoms with Gasteiger partial charge in [0.2, 0.25) is 11.8 Å². The van der Waals surface area contributed by atoms with E-state index in [9.17, 15) is 9.59 Å². The molecule has 5 nitrogen and oxygen atoms in total. The molecule has 0 saturated heterocycles. The van der Waals surface area contributed by atoms with Crippen molar-refractivity contribution in [3.63, 3.8) is 0 Å². The Balaban J connectivity index is 2.10. The van der Waals surface area contributed by atoms with Crippen LogP contribution in [0, 0.1) is 12.8 Å². The van der Waals surface area contributed by atoms with E-state index < -0.39 is 0 Å². The number of benzene rings is 1. The van der Waals surface area contributed by atoms with E-state index in [0.717, 1.165) is 42.8 Å². The molecule has 0 bridgehead atoms. The number of rotatable bonds is 13. The Kier molecular flexibility index (Phi) is 10.3. The third-order valence-corrected chi connectivity index (χ3v) is 5.22. The molecule has 0 atom stereocenters. The Labute approximate surface area is 187 Å². The van der Waals surface area contributed by atoms with Gasteiger partial charge in [0.15, 0.2) is 0 Å². The maximum Gasteiger partial charge on any atom is 0.242 e. The standard InChI is InChI=1S/C26H38N2O3/c1-5-6-7-11-14-25(29)27(17-21(2)3)20-26(30)28(18-23-12-9-8-10-13-23)19-24-16-15-22(4)31-24/h8-10,12-13,15-16,21H,5-7,11,14,17-20H2,1-4H3. The van der Waals surface area contributed by atoms with Crippen molar-refractivity contribution in [1.82, 2.24) is 9.80 Å². The molecular formula is C26H38N2O3. The van der Waals surface area contributed by atoms with Gasteiger partial charge in [0.05, 0.1) is 13.1 Å². The molecule has 0 N–H and O–H groups in total. The number of hydrogen-bond acceptors (Lipinski definition) is 3. The highest BCUT2D eigenvalue weighted by molar-refractivity contribution is 5.84. The van der Waals surface area contributed by atoms with Gasteiger partial charge >= 0.3 is 0 Å². The largest absolute Gasteiger partial charge is 0.464 e. The zero-order valence-electron chi connectivity index (χ0n) is 19.6. The predicted octanol–water partition coefficient (Wildman–Crippen LogP) is 5.57. The van der Waals surface area contributed by atoms with E-state index in [0.29, 0.717) is 32.0 Å². The lowest BCUT2D eigenvalue weighted by molar-refractivity contribution is -0.141. The number of nitrogens with zero attached hydrogens (tertiary/aromatic N) is 2. The fourth-order valence-corrected chi connectivity index (χ4v) is 3.61. The number of aryl methyl sites for hydroxylation is 1. The Morgan fingerprint density at radius 1 is 0.903 bits per heavy atom. The first-order valence-corrected chi connectivity index (χ1v) is 11.5. The molecule has 31 heavy (non-hydrogen) atoms. The van der Waals surface area contributed by atoms with E-state index in [4.69, 9.17) is 4.42 Å². The maximum atomic E-state index is 13.3. The first-order chi connectivity index (χ1) is 14.9. The van der Waals surface area contributed by atoms with E-state index in [2.05, 4.69) is 20.8 Å². The van der Waals surface area contributed by atoms with Gasteiger partial charge in [-0.15, -0.1) is 0 Å². The predicted molar refractivity (Wildman–Crippen MR) is 124 cm³/mol. The molecule has 2 aromatic rings. The van der Waals surface area contributed by atoms with Gasteiger partial charge in [-0.05, 0) is 37.0 Å². The number of hydrogen-bond donors (Lipinski definition) is 0. The minimum atomic E-state index is -0.0551. The number of carbonyl (C=O) groups is 2. The molecule has 2 amide bonds. The first-order valence-electron chi connectivity index (χ1n) is 11.5. The monoisotopic (exact) mass is 426 g/mol. The second-order valence-electron chi connectivity index (χ2n) is 8.73. The third kappa shape index (κ3) is 8.99. The summed E-state index contributed by atoms with van der Waals surface area (Å²) in [6.07, 6.45) is 4.74. The maximum absolute atomic E-state index is 13.3. The molecule has 0 saturated carbocycles. The van der Waals surface area contributed by atoms with Crippen molar-refractivity contribution in [1.29, 1.82) is 0 Å². The molecule has 1 heterocycles. The highest BCUT2D eigenvalue weighted by Crippen LogP contribution is 2.15. The third-order valence-electron chi connectivity index (χ3n) is 5.22. The van der Waals surface area contributed by atoms with Crippen LogP contribution in [0.5, 0.6) is 0 Å². The normalized spacial score (nSPS) is 11.0. The van der Waals surface area contributed by atoms with Crippen LogP contribution in [0.1, 0.15) is 70.0 Å². The summed E-state index contributed by atoms with van der Waals surface area (Å²) in [6, 6.07) is 13.8. The van der Waals surface area contributed by atoms with E-state index in [-0.39, 0.29) is 18.4 Å². The molecular weight excluding hydrogens is 388 g/mol.